The molecule has 0 heterocycles. The van der Waals surface area contributed by atoms with Crippen LogP contribution in [0.25, 0.3) is 0 Å². The van der Waals surface area contributed by atoms with E-state index in [0.717, 1.165) is 5.56 Å². The third kappa shape index (κ3) is 7.56. The summed E-state index contributed by atoms with van der Waals surface area (Å²) in [6.07, 6.45) is 1.49. The highest BCUT2D eigenvalue weighted by atomic mass is 79.9. The number of carbonyl (C=O) groups is 2. The van der Waals surface area contributed by atoms with Crippen molar-refractivity contribution in [2.24, 2.45) is 5.10 Å². The number of benzene rings is 3. The fraction of sp³-hybridized carbons (Fsp3) is 0.192. The summed E-state index contributed by atoms with van der Waals surface area (Å²) in [6, 6.07) is 15.9. The average Bonchev–Trinajstić information content (AvgIpc) is 2.84. The minimum Gasteiger partial charge on any atom is -0.493 e. The Balaban J connectivity index is 1.59. The second-order valence-electron chi connectivity index (χ2n) is 7.52. The Kier molecular flexibility index (Phi) is 9.89. The summed E-state index contributed by atoms with van der Waals surface area (Å²) >= 11 is 6.91. The molecule has 10 heteroatoms. The molecule has 3 aromatic rings. The van der Waals surface area contributed by atoms with Gasteiger partial charge in [0.15, 0.2) is 18.1 Å². The van der Waals surface area contributed by atoms with E-state index in [1.807, 2.05) is 38.1 Å². The summed E-state index contributed by atoms with van der Waals surface area (Å²) in [7, 11) is 1.51. The Morgan fingerprint density at radius 2 is 1.75 bits per heavy atom. The van der Waals surface area contributed by atoms with E-state index in [1.54, 1.807) is 30.3 Å². The predicted molar refractivity (Wildman–Crippen MR) is 146 cm³/mol. The Bertz CT molecular complexity index is 1260. The molecule has 0 atom stereocenters. The largest absolute Gasteiger partial charge is 0.493 e. The summed E-state index contributed by atoms with van der Waals surface area (Å²) in [5.74, 6) is 0.815. The van der Waals surface area contributed by atoms with E-state index in [2.05, 4.69) is 47.7 Å². The van der Waals surface area contributed by atoms with Crippen molar-refractivity contribution >= 4 is 55.6 Å². The number of ether oxygens (including phenoxy) is 3. The molecule has 0 aromatic heterocycles. The second-order valence-corrected chi connectivity index (χ2v) is 9.23. The number of anilines is 1. The van der Waals surface area contributed by atoms with E-state index in [0.29, 0.717) is 49.6 Å². The molecule has 0 aliphatic heterocycles. The maximum atomic E-state index is 12.5. The van der Waals surface area contributed by atoms with Crippen molar-refractivity contribution in [3.63, 3.8) is 0 Å². The summed E-state index contributed by atoms with van der Waals surface area (Å²) in [5, 5.41) is 6.83. The second kappa shape index (κ2) is 13.1. The van der Waals surface area contributed by atoms with Crippen LogP contribution in [0.2, 0.25) is 0 Å². The Labute approximate surface area is 226 Å². The van der Waals surface area contributed by atoms with Crippen molar-refractivity contribution in [3.05, 3.63) is 80.2 Å². The first kappa shape index (κ1) is 27.2. The molecular weight excluding hydrogens is 594 g/mol. The molecule has 0 saturated heterocycles. The Hall–Kier alpha value is -3.37. The van der Waals surface area contributed by atoms with Crippen LogP contribution in [0.15, 0.2) is 68.6 Å². The molecule has 0 radical (unpaired) electrons. The number of hydrazone groups is 1. The van der Waals surface area contributed by atoms with Crippen LogP contribution in [0, 0.1) is 6.92 Å². The lowest BCUT2D eigenvalue weighted by Gasteiger charge is -2.12. The predicted octanol–water partition coefficient (Wildman–Crippen LogP) is 5.71. The maximum absolute atomic E-state index is 12.5. The van der Waals surface area contributed by atoms with Crippen molar-refractivity contribution in [1.82, 2.24) is 5.43 Å². The molecular formula is C26H25Br2N3O5. The van der Waals surface area contributed by atoms with Crippen LogP contribution in [0.3, 0.4) is 0 Å². The highest BCUT2D eigenvalue weighted by Crippen LogP contribution is 2.34. The molecule has 188 valence electrons. The zero-order valence-electron chi connectivity index (χ0n) is 19.9. The first-order valence-corrected chi connectivity index (χ1v) is 12.5. The van der Waals surface area contributed by atoms with Gasteiger partial charge in [-0.1, -0.05) is 12.1 Å². The number of amides is 2. The minimum atomic E-state index is -0.398. The fourth-order valence-corrected chi connectivity index (χ4v) is 4.61. The number of methoxy groups -OCH3 is 1. The molecule has 3 rings (SSSR count). The van der Waals surface area contributed by atoms with E-state index < -0.39 is 5.91 Å². The SMILES string of the molecule is CCOc1ccc(C(=O)N/N=C/c2cc(Br)c(OCC(=O)Nc3cccc(C)c3)c(Br)c2)cc1OC. The van der Waals surface area contributed by atoms with Gasteiger partial charge in [0, 0.05) is 11.3 Å². The van der Waals surface area contributed by atoms with Crippen LogP contribution in [-0.4, -0.2) is 38.4 Å². The number of hydrogen-bond acceptors (Lipinski definition) is 6. The third-order valence-electron chi connectivity index (χ3n) is 4.78. The zero-order chi connectivity index (χ0) is 26.1. The number of aryl methyl sites for hydroxylation is 1. The van der Waals surface area contributed by atoms with Gasteiger partial charge >= 0.3 is 0 Å². The number of halogens is 2. The lowest BCUT2D eigenvalue weighted by Crippen LogP contribution is -2.20. The first-order valence-electron chi connectivity index (χ1n) is 10.9. The van der Waals surface area contributed by atoms with Gasteiger partial charge in [-0.05, 0) is 99.3 Å². The van der Waals surface area contributed by atoms with Gasteiger partial charge in [-0.3, -0.25) is 9.59 Å². The minimum absolute atomic E-state index is 0.166. The molecule has 8 nitrogen and oxygen atoms in total. The standard InChI is InChI=1S/C26H25Br2N3O5/c1-4-35-22-9-8-18(13-23(22)34-3)26(33)31-29-14-17-11-20(27)25(21(28)12-17)36-15-24(32)30-19-7-5-6-16(2)10-19/h5-14H,4,15H2,1-3H3,(H,30,32)(H,31,33)/b29-14+. The molecule has 3 aromatic carbocycles. The highest BCUT2D eigenvalue weighted by Gasteiger charge is 2.13. The van der Waals surface area contributed by atoms with Crippen LogP contribution in [0.5, 0.6) is 17.2 Å². The topological polar surface area (TPSA) is 98.3 Å². The lowest BCUT2D eigenvalue weighted by molar-refractivity contribution is -0.118. The van der Waals surface area contributed by atoms with Gasteiger partial charge in [0.05, 0.1) is 28.9 Å². The maximum Gasteiger partial charge on any atom is 0.271 e. The number of rotatable bonds is 10. The number of carbonyl (C=O) groups excluding carboxylic acids is 2. The molecule has 0 unspecified atom stereocenters. The summed E-state index contributed by atoms with van der Waals surface area (Å²) in [4.78, 5) is 24.7. The van der Waals surface area contributed by atoms with Crippen molar-refractivity contribution in [2.75, 3.05) is 25.6 Å². The van der Waals surface area contributed by atoms with Gasteiger partial charge in [-0.25, -0.2) is 5.43 Å². The Morgan fingerprint density at radius 3 is 2.42 bits per heavy atom. The number of nitrogens with zero attached hydrogens (tertiary/aromatic N) is 1. The van der Waals surface area contributed by atoms with Gasteiger partial charge in [0.1, 0.15) is 5.75 Å². The normalized spacial score (nSPS) is 10.7. The number of nitrogens with one attached hydrogen (secondary N) is 2. The zero-order valence-corrected chi connectivity index (χ0v) is 23.1. The van der Waals surface area contributed by atoms with Crippen LogP contribution in [-0.2, 0) is 4.79 Å². The summed E-state index contributed by atoms with van der Waals surface area (Å²) in [5.41, 5.74) is 5.31. The van der Waals surface area contributed by atoms with E-state index in [1.165, 1.54) is 13.3 Å². The van der Waals surface area contributed by atoms with E-state index in [-0.39, 0.29) is 12.5 Å². The molecule has 36 heavy (non-hydrogen) atoms. The molecule has 0 saturated carbocycles. The van der Waals surface area contributed by atoms with Crippen molar-refractivity contribution < 1.29 is 23.8 Å². The summed E-state index contributed by atoms with van der Waals surface area (Å²) < 4.78 is 17.7. The van der Waals surface area contributed by atoms with E-state index in [4.69, 9.17) is 14.2 Å². The van der Waals surface area contributed by atoms with Crippen molar-refractivity contribution in [2.45, 2.75) is 13.8 Å². The monoisotopic (exact) mass is 617 g/mol. The molecule has 0 spiro atoms. The van der Waals surface area contributed by atoms with Crippen LogP contribution in [0.1, 0.15) is 28.4 Å². The van der Waals surface area contributed by atoms with Gasteiger partial charge in [0.2, 0.25) is 0 Å². The molecule has 2 amide bonds. The van der Waals surface area contributed by atoms with Gasteiger partial charge < -0.3 is 19.5 Å². The van der Waals surface area contributed by atoms with Crippen LogP contribution in [0.4, 0.5) is 5.69 Å². The summed E-state index contributed by atoms with van der Waals surface area (Å²) in [6.45, 7) is 4.14. The molecule has 2 N–H and O–H groups in total. The molecule has 0 aliphatic rings. The van der Waals surface area contributed by atoms with E-state index >= 15 is 0 Å². The van der Waals surface area contributed by atoms with Gasteiger partial charge in [0.25, 0.3) is 11.8 Å². The lowest BCUT2D eigenvalue weighted by atomic mass is 10.2. The third-order valence-corrected chi connectivity index (χ3v) is 5.95. The van der Waals surface area contributed by atoms with Gasteiger partial charge in [-0.15, -0.1) is 0 Å². The highest BCUT2D eigenvalue weighted by molar-refractivity contribution is 9.11. The average molecular weight is 619 g/mol. The van der Waals surface area contributed by atoms with Crippen molar-refractivity contribution in [1.29, 1.82) is 0 Å². The van der Waals surface area contributed by atoms with Crippen LogP contribution >= 0.6 is 31.9 Å². The quantitative estimate of drug-likeness (QED) is 0.224. The van der Waals surface area contributed by atoms with Gasteiger partial charge in [-0.2, -0.15) is 5.10 Å². The molecule has 0 aliphatic carbocycles. The Morgan fingerprint density at radius 1 is 1.00 bits per heavy atom. The molecule has 0 bridgehead atoms. The van der Waals surface area contributed by atoms with Crippen LogP contribution < -0.4 is 25.0 Å². The fourth-order valence-electron chi connectivity index (χ4n) is 3.16. The molecule has 0 fully saturated rings. The smallest absolute Gasteiger partial charge is 0.271 e. The first-order chi connectivity index (χ1) is 17.3. The number of hydrogen-bond donors (Lipinski definition) is 2. The van der Waals surface area contributed by atoms with E-state index in [9.17, 15) is 9.59 Å². The van der Waals surface area contributed by atoms with Crippen molar-refractivity contribution in [3.8, 4) is 17.2 Å².